The van der Waals surface area contributed by atoms with Crippen molar-refractivity contribution in [3.8, 4) is 0 Å². The van der Waals surface area contributed by atoms with Crippen LogP contribution < -0.4 is 0 Å². The van der Waals surface area contributed by atoms with Crippen molar-refractivity contribution in [2.24, 2.45) is 0 Å². The predicted molar refractivity (Wildman–Crippen MR) is 89.8 cm³/mol. The first-order valence-electron chi connectivity index (χ1n) is 8.90. The quantitative estimate of drug-likeness (QED) is 0.902. The minimum absolute atomic E-state index is 0.0492. The third kappa shape index (κ3) is 4.25. The van der Waals surface area contributed by atoms with E-state index in [-0.39, 0.29) is 6.04 Å². The second-order valence-electron chi connectivity index (χ2n) is 6.84. The maximum absolute atomic E-state index is 11.3. The molecule has 1 aromatic carbocycles. The SMILES string of the molecule is O=C(O)N1CCCCC1CO[C@H]1CC[C@@H](c2ccccc2)CC1. The standard InChI is InChI=1S/C19H27NO3/c21-19(22)20-13-5-4-8-17(20)14-23-18-11-9-16(10-12-18)15-6-2-1-3-7-15/h1-3,6-7,16-18H,4-5,8-14H2,(H,21,22)/t16-,17?,18+. The fourth-order valence-electron chi connectivity index (χ4n) is 3.96. The Labute approximate surface area is 138 Å². The Morgan fingerprint density at radius 1 is 1.09 bits per heavy atom. The molecule has 1 aromatic rings. The van der Waals surface area contributed by atoms with Crippen LogP contribution in [0.4, 0.5) is 4.79 Å². The summed E-state index contributed by atoms with van der Waals surface area (Å²) in [5.41, 5.74) is 1.44. The van der Waals surface area contributed by atoms with Crippen LogP contribution >= 0.6 is 0 Å². The van der Waals surface area contributed by atoms with Crippen LogP contribution in [0.15, 0.2) is 30.3 Å². The second-order valence-corrected chi connectivity index (χ2v) is 6.84. The van der Waals surface area contributed by atoms with E-state index in [1.807, 2.05) is 0 Å². The number of hydrogen-bond donors (Lipinski definition) is 1. The highest BCUT2D eigenvalue weighted by Crippen LogP contribution is 2.34. The lowest BCUT2D eigenvalue weighted by molar-refractivity contribution is -0.0162. The van der Waals surface area contributed by atoms with Crippen LogP contribution in [0.5, 0.6) is 0 Å². The van der Waals surface area contributed by atoms with E-state index in [0.29, 0.717) is 25.2 Å². The summed E-state index contributed by atoms with van der Waals surface area (Å²) in [6, 6.07) is 10.8. The van der Waals surface area contributed by atoms with Gasteiger partial charge in [0.25, 0.3) is 0 Å². The first kappa shape index (κ1) is 16.3. The zero-order valence-electron chi connectivity index (χ0n) is 13.7. The average Bonchev–Trinajstić information content (AvgIpc) is 2.61. The van der Waals surface area contributed by atoms with Crippen molar-refractivity contribution in [1.29, 1.82) is 0 Å². The fourth-order valence-corrected chi connectivity index (χ4v) is 3.96. The molecule has 23 heavy (non-hydrogen) atoms. The monoisotopic (exact) mass is 317 g/mol. The number of benzene rings is 1. The minimum Gasteiger partial charge on any atom is -0.465 e. The fraction of sp³-hybridized carbons (Fsp3) is 0.632. The third-order valence-corrected chi connectivity index (χ3v) is 5.34. The Kier molecular flexibility index (Phi) is 5.55. The maximum atomic E-state index is 11.3. The van der Waals surface area contributed by atoms with E-state index in [2.05, 4.69) is 30.3 Å². The van der Waals surface area contributed by atoms with Gasteiger partial charge in [0.05, 0.1) is 18.8 Å². The normalized spacial score (nSPS) is 28.5. The Hall–Kier alpha value is -1.55. The molecular formula is C19H27NO3. The largest absolute Gasteiger partial charge is 0.465 e. The molecule has 1 heterocycles. The summed E-state index contributed by atoms with van der Waals surface area (Å²) in [5, 5.41) is 9.28. The highest BCUT2D eigenvalue weighted by molar-refractivity contribution is 5.65. The van der Waals surface area contributed by atoms with Crippen LogP contribution in [0.25, 0.3) is 0 Å². The van der Waals surface area contributed by atoms with Gasteiger partial charge < -0.3 is 14.7 Å². The van der Waals surface area contributed by atoms with Crippen LogP contribution in [0.2, 0.25) is 0 Å². The molecule has 1 amide bonds. The molecule has 4 heteroatoms. The Balaban J connectivity index is 1.44. The number of carbonyl (C=O) groups is 1. The van der Waals surface area contributed by atoms with Gasteiger partial charge in [-0.1, -0.05) is 30.3 Å². The van der Waals surface area contributed by atoms with E-state index >= 15 is 0 Å². The molecule has 0 radical (unpaired) electrons. The molecule has 0 aromatic heterocycles. The Morgan fingerprint density at radius 2 is 1.83 bits per heavy atom. The van der Waals surface area contributed by atoms with Crippen molar-refractivity contribution >= 4 is 6.09 Å². The van der Waals surface area contributed by atoms with E-state index in [4.69, 9.17) is 4.74 Å². The number of amides is 1. The van der Waals surface area contributed by atoms with Gasteiger partial charge in [0.15, 0.2) is 0 Å². The van der Waals surface area contributed by atoms with Crippen molar-refractivity contribution in [1.82, 2.24) is 4.90 Å². The van der Waals surface area contributed by atoms with Crippen LogP contribution in [0, 0.1) is 0 Å². The zero-order valence-corrected chi connectivity index (χ0v) is 13.7. The number of piperidine rings is 1. The number of ether oxygens (including phenoxy) is 1. The summed E-state index contributed by atoms with van der Waals surface area (Å²) in [4.78, 5) is 12.9. The van der Waals surface area contributed by atoms with Gasteiger partial charge in [-0.2, -0.15) is 0 Å². The Bertz CT molecular complexity index is 497. The lowest BCUT2D eigenvalue weighted by atomic mass is 9.83. The molecule has 2 fully saturated rings. The van der Waals surface area contributed by atoms with Crippen LogP contribution in [-0.2, 0) is 4.74 Å². The van der Waals surface area contributed by atoms with E-state index in [9.17, 15) is 9.90 Å². The molecule has 1 saturated heterocycles. The van der Waals surface area contributed by atoms with Gasteiger partial charge in [0, 0.05) is 6.54 Å². The summed E-state index contributed by atoms with van der Waals surface area (Å²) >= 11 is 0. The van der Waals surface area contributed by atoms with E-state index in [1.165, 1.54) is 18.4 Å². The highest BCUT2D eigenvalue weighted by atomic mass is 16.5. The number of carboxylic acid groups (broad SMARTS) is 1. The molecule has 2 aliphatic rings. The first-order valence-corrected chi connectivity index (χ1v) is 8.90. The lowest BCUT2D eigenvalue weighted by Gasteiger charge is -2.35. The van der Waals surface area contributed by atoms with E-state index in [1.54, 1.807) is 4.90 Å². The summed E-state index contributed by atoms with van der Waals surface area (Å²) in [7, 11) is 0. The molecule has 0 spiro atoms. The number of rotatable bonds is 4. The topological polar surface area (TPSA) is 49.8 Å². The molecular weight excluding hydrogens is 290 g/mol. The summed E-state index contributed by atoms with van der Waals surface area (Å²) in [5.74, 6) is 0.654. The molecule has 126 valence electrons. The van der Waals surface area contributed by atoms with Gasteiger partial charge in [-0.3, -0.25) is 0 Å². The minimum atomic E-state index is -0.800. The van der Waals surface area contributed by atoms with Crippen LogP contribution in [-0.4, -0.2) is 41.4 Å². The number of likely N-dealkylation sites (tertiary alicyclic amines) is 1. The number of nitrogens with zero attached hydrogens (tertiary/aromatic N) is 1. The van der Waals surface area contributed by atoms with Gasteiger partial charge in [-0.25, -0.2) is 4.79 Å². The van der Waals surface area contributed by atoms with E-state index < -0.39 is 6.09 Å². The van der Waals surface area contributed by atoms with Gasteiger partial charge in [-0.05, 0) is 56.4 Å². The molecule has 1 N–H and O–H groups in total. The zero-order chi connectivity index (χ0) is 16.1. The van der Waals surface area contributed by atoms with Gasteiger partial charge in [-0.15, -0.1) is 0 Å². The van der Waals surface area contributed by atoms with Crippen molar-refractivity contribution in [3.05, 3.63) is 35.9 Å². The van der Waals surface area contributed by atoms with Gasteiger partial charge >= 0.3 is 6.09 Å². The highest BCUT2D eigenvalue weighted by Gasteiger charge is 2.28. The molecule has 1 aliphatic carbocycles. The number of hydrogen-bond acceptors (Lipinski definition) is 2. The van der Waals surface area contributed by atoms with Crippen molar-refractivity contribution in [3.63, 3.8) is 0 Å². The molecule has 3 rings (SSSR count). The molecule has 1 saturated carbocycles. The van der Waals surface area contributed by atoms with Gasteiger partial charge in [0.1, 0.15) is 0 Å². The predicted octanol–water partition coefficient (Wildman–Crippen LogP) is 4.26. The summed E-state index contributed by atoms with van der Waals surface area (Å²) < 4.78 is 6.08. The van der Waals surface area contributed by atoms with Crippen LogP contribution in [0.3, 0.4) is 0 Å². The average molecular weight is 317 g/mol. The summed E-state index contributed by atoms with van der Waals surface area (Å²) in [6.07, 6.45) is 7.02. The first-order chi connectivity index (χ1) is 11.2. The smallest absolute Gasteiger partial charge is 0.407 e. The van der Waals surface area contributed by atoms with Gasteiger partial charge in [0.2, 0.25) is 0 Å². The van der Waals surface area contributed by atoms with E-state index in [0.717, 1.165) is 32.1 Å². The van der Waals surface area contributed by atoms with Crippen LogP contribution in [0.1, 0.15) is 56.4 Å². The maximum Gasteiger partial charge on any atom is 0.407 e. The van der Waals surface area contributed by atoms with Crippen molar-refractivity contribution in [2.75, 3.05) is 13.2 Å². The lowest BCUT2D eigenvalue weighted by Crippen LogP contribution is -2.46. The molecule has 0 bridgehead atoms. The third-order valence-electron chi connectivity index (χ3n) is 5.34. The summed E-state index contributed by atoms with van der Waals surface area (Å²) in [6.45, 7) is 1.22. The molecule has 1 unspecified atom stereocenters. The molecule has 1 aliphatic heterocycles. The van der Waals surface area contributed by atoms with Crippen molar-refractivity contribution < 1.29 is 14.6 Å². The second kappa shape index (κ2) is 7.82. The van der Waals surface area contributed by atoms with Crippen molar-refractivity contribution in [2.45, 2.75) is 63.0 Å². The molecule has 4 nitrogen and oxygen atoms in total. The Morgan fingerprint density at radius 3 is 2.52 bits per heavy atom. The molecule has 1 atom stereocenters.